The number of halogens is 1. The van der Waals surface area contributed by atoms with Gasteiger partial charge >= 0.3 is 0 Å². The van der Waals surface area contributed by atoms with Crippen LogP contribution in [0.3, 0.4) is 0 Å². The number of amides is 1. The van der Waals surface area contributed by atoms with E-state index in [9.17, 15) is 13.2 Å². The predicted octanol–water partition coefficient (Wildman–Crippen LogP) is 4.32. The highest BCUT2D eigenvalue weighted by Gasteiger charge is 2.09. The molecule has 3 rings (SSSR count). The average molecular weight is 433 g/mol. The van der Waals surface area contributed by atoms with Gasteiger partial charge in [-0.3, -0.25) is 4.79 Å². The van der Waals surface area contributed by atoms with Crippen molar-refractivity contribution in [2.75, 3.05) is 5.32 Å². The van der Waals surface area contributed by atoms with Gasteiger partial charge in [0.1, 0.15) is 0 Å². The summed E-state index contributed by atoms with van der Waals surface area (Å²) < 4.78 is 22.5. The number of hydrogen-bond acceptors (Lipinski definition) is 4. The highest BCUT2D eigenvalue weighted by atomic mass is 35.5. The van der Waals surface area contributed by atoms with E-state index in [0.717, 1.165) is 9.79 Å². The maximum atomic E-state index is 12.2. The number of hydrogen-bond donors (Lipinski definition) is 2. The second kappa shape index (κ2) is 8.79. The van der Waals surface area contributed by atoms with Crippen molar-refractivity contribution < 1.29 is 13.2 Å². The van der Waals surface area contributed by atoms with Crippen molar-refractivity contribution in [2.24, 2.45) is 5.14 Å². The fourth-order valence-electron chi connectivity index (χ4n) is 2.45. The first-order chi connectivity index (χ1) is 13.3. The molecule has 0 spiro atoms. The van der Waals surface area contributed by atoms with Gasteiger partial charge in [0.05, 0.1) is 16.3 Å². The summed E-state index contributed by atoms with van der Waals surface area (Å²) >= 11 is 7.71. The molecule has 8 heteroatoms. The quantitative estimate of drug-likeness (QED) is 0.607. The number of carbonyl (C=O) groups is 1. The van der Waals surface area contributed by atoms with Crippen molar-refractivity contribution in [3.05, 3.63) is 83.4 Å². The number of benzene rings is 3. The monoisotopic (exact) mass is 432 g/mol. The van der Waals surface area contributed by atoms with Crippen molar-refractivity contribution in [3.63, 3.8) is 0 Å². The zero-order chi connectivity index (χ0) is 20.1. The third kappa shape index (κ3) is 5.59. The molecule has 28 heavy (non-hydrogen) atoms. The summed E-state index contributed by atoms with van der Waals surface area (Å²) in [6, 6.07) is 21.0. The van der Waals surface area contributed by atoms with Crippen LogP contribution in [0.2, 0.25) is 5.02 Å². The van der Waals surface area contributed by atoms with E-state index in [1.807, 2.05) is 48.5 Å². The van der Waals surface area contributed by atoms with Gasteiger partial charge in [-0.05, 0) is 54.1 Å². The summed E-state index contributed by atoms with van der Waals surface area (Å²) in [4.78, 5) is 14.2. The molecular formula is C20H17ClN2O3S2. The third-order valence-electron chi connectivity index (χ3n) is 3.82. The molecule has 0 radical (unpaired) electrons. The van der Waals surface area contributed by atoms with Gasteiger partial charge in [-0.1, -0.05) is 47.6 Å². The number of anilines is 1. The van der Waals surface area contributed by atoms with Crippen LogP contribution in [-0.2, 0) is 21.2 Å². The molecule has 3 aromatic carbocycles. The van der Waals surface area contributed by atoms with Crippen molar-refractivity contribution in [1.29, 1.82) is 0 Å². The predicted molar refractivity (Wildman–Crippen MR) is 112 cm³/mol. The zero-order valence-corrected chi connectivity index (χ0v) is 17.0. The smallest absolute Gasteiger partial charge is 0.238 e. The minimum Gasteiger partial charge on any atom is -0.326 e. The maximum Gasteiger partial charge on any atom is 0.238 e. The van der Waals surface area contributed by atoms with E-state index >= 15 is 0 Å². The van der Waals surface area contributed by atoms with Crippen molar-refractivity contribution in [3.8, 4) is 0 Å². The van der Waals surface area contributed by atoms with Crippen LogP contribution in [0.15, 0.2) is 87.5 Å². The Hall–Kier alpha value is -2.32. The minimum atomic E-state index is -3.74. The Kier molecular flexibility index (Phi) is 6.41. The molecule has 0 bridgehead atoms. The summed E-state index contributed by atoms with van der Waals surface area (Å²) in [6.45, 7) is 0. The van der Waals surface area contributed by atoms with Crippen LogP contribution in [0.4, 0.5) is 5.69 Å². The summed E-state index contributed by atoms with van der Waals surface area (Å²) in [6.07, 6.45) is 0.126. The number of sulfonamides is 1. The number of primary sulfonamides is 1. The fraction of sp³-hybridized carbons (Fsp3) is 0.0500. The second-order valence-corrected chi connectivity index (χ2v) is 9.05. The van der Waals surface area contributed by atoms with Gasteiger partial charge in [0.2, 0.25) is 15.9 Å². The van der Waals surface area contributed by atoms with E-state index in [4.69, 9.17) is 16.7 Å². The van der Waals surface area contributed by atoms with Gasteiger partial charge in [-0.2, -0.15) is 0 Å². The molecule has 0 unspecified atom stereocenters. The molecule has 0 fully saturated rings. The summed E-state index contributed by atoms with van der Waals surface area (Å²) in [7, 11) is -3.74. The lowest BCUT2D eigenvalue weighted by molar-refractivity contribution is -0.115. The molecule has 0 atom stereocenters. The Morgan fingerprint density at radius 1 is 0.964 bits per heavy atom. The standard InChI is InChI=1S/C20H17ClN2O3S2/c21-18-3-1-2-4-19(18)27-16-9-7-15(8-10-16)23-20(24)13-14-5-11-17(12-6-14)28(22,25)26/h1-12H,13H2,(H,23,24)(H2,22,25,26). The molecular weight excluding hydrogens is 416 g/mol. The molecule has 0 aliphatic heterocycles. The van der Waals surface area contributed by atoms with E-state index in [0.29, 0.717) is 16.3 Å². The number of nitrogens with two attached hydrogens (primary N) is 1. The van der Waals surface area contributed by atoms with Crippen LogP contribution in [0.1, 0.15) is 5.56 Å². The molecule has 0 heterocycles. The van der Waals surface area contributed by atoms with E-state index < -0.39 is 10.0 Å². The van der Waals surface area contributed by atoms with E-state index in [-0.39, 0.29) is 17.2 Å². The highest BCUT2D eigenvalue weighted by Crippen LogP contribution is 2.33. The molecule has 1 amide bonds. The molecule has 144 valence electrons. The van der Waals surface area contributed by atoms with E-state index in [2.05, 4.69) is 5.32 Å². The fourth-order valence-corrected chi connectivity index (χ4v) is 4.05. The number of carbonyl (C=O) groups excluding carboxylic acids is 1. The molecule has 5 nitrogen and oxygen atoms in total. The lowest BCUT2D eigenvalue weighted by Crippen LogP contribution is -2.15. The van der Waals surface area contributed by atoms with Crippen LogP contribution in [0.25, 0.3) is 0 Å². The van der Waals surface area contributed by atoms with Crippen molar-refractivity contribution in [2.45, 2.75) is 21.1 Å². The molecule has 0 aliphatic rings. The molecule has 0 saturated heterocycles. The van der Waals surface area contributed by atoms with Gasteiger partial charge in [-0.25, -0.2) is 13.6 Å². The van der Waals surface area contributed by atoms with Crippen LogP contribution < -0.4 is 10.5 Å². The molecule has 0 aliphatic carbocycles. The Labute approximate surface area is 173 Å². The summed E-state index contributed by atoms with van der Waals surface area (Å²) in [5, 5.41) is 8.58. The largest absolute Gasteiger partial charge is 0.326 e. The Morgan fingerprint density at radius 2 is 1.61 bits per heavy atom. The summed E-state index contributed by atoms with van der Waals surface area (Å²) in [5.74, 6) is -0.199. The Balaban J connectivity index is 1.59. The van der Waals surface area contributed by atoms with E-state index in [1.54, 1.807) is 23.9 Å². The summed E-state index contributed by atoms with van der Waals surface area (Å²) in [5.41, 5.74) is 1.37. The molecule has 0 aromatic heterocycles. The number of nitrogens with one attached hydrogen (secondary N) is 1. The van der Waals surface area contributed by atoms with Gasteiger partial charge < -0.3 is 5.32 Å². The molecule has 3 N–H and O–H groups in total. The van der Waals surface area contributed by atoms with Gasteiger partial charge in [0, 0.05) is 15.5 Å². The normalized spacial score (nSPS) is 11.2. The van der Waals surface area contributed by atoms with Crippen LogP contribution in [0.5, 0.6) is 0 Å². The Morgan fingerprint density at radius 3 is 2.21 bits per heavy atom. The van der Waals surface area contributed by atoms with Gasteiger partial charge in [0.25, 0.3) is 0 Å². The molecule has 3 aromatic rings. The first-order valence-corrected chi connectivity index (χ1v) is 11.0. The Bertz CT molecular complexity index is 1080. The first kappa shape index (κ1) is 20.4. The lowest BCUT2D eigenvalue weighted by atomic mass is 10.1. The van der Waals surface area contributed by atoms with E-state index in [1.165, 1.54) is 12.1 Å². The SMILES string of the molecule is NS(=O)(=O)c1ccc(CC(=O)Nc2ccc(Sc3ccccc3Cl)cc2)cc1. The van der Waals surface area contributed by atoms with Crippen molar-refractivity contribution >= 4 is 45.0 Å². The highest BCUT2D eigenvalue weighted by molar-refractivity contribution is 7.99. The number of rotatable bonds is 6. The van der Waals surface area contributed by atoms with Crippen molar-refractivity contribution in [1.82, 2.24) is 0 Å². The van der Waals surface area contributed by atoms with Crippen LogP contribution >= 0.6 is 23.4 Å². The second-order valence-electron chi connectivity index (χ2n) is 5.97. The van der Waals surface area contributed by atoms with Gasteiger partial charge in [-0.15, -0.1) is 0 Å². The minimum absolute atomic E-state index is 0.0169. The average Bonchev–Trinajstić information content (AvgIpc) is 2.65. The maximum absolute atomic E-state index is 12.2. The van der Waals surface area contributed by atoms with Gasteiger partial charge in [0.15, 0.2) is 0 Å². The van der Waals surface area contributed by atoms with Crippen LogP contribution in [-0.4, -0.2) is 14.3 Å². The van der Waals surface area contributed by atoms with Crippen LogP contribution in [0, 0.1) is 0 Å². The topological polar surface area (TPSA) is 89.3 Å². The molecule has 0 saturated carbocycles. The first-order valence-electron chi connectivity index (χ1n) is 8.25. The third-order valence-corrected chi connectivity index (χ3v) is 6.27. The lowest BCUT2D eigenvalue weighted by Gasteiger charge is -2.08. The zero-order valence-electron chi connectivity index (χ0n) is 14.6.